The Bertz CT molecular complexity index is 1150. The predicted octanol–water partition coefficient (Wildman–Crippen LogP) is 3.77. The van der Waals surface area contributed by atoms with E-state index in [-0.39, 0.29) is 36.7 Å². The Hall–Kier alpha value is -3.37. The van der Waals surface area contributed by atoms with Crippen molar-refractivity contribution >= 4 is 17.8 Å². The Balaban J connectivity index is 1.40. The number of rotatable bonds is 6. The van der Waals surface area contributed by atoms with Crippen LogP contribution in [0.5, 0.6) is 0 Å². The molecule has 4 rings (SSSR count). The van der Waals surface area contributed by atoms with Gasteiger partial charge in [0, 0.05) is 25.2 Å². The number of carbonyl (C=O) groups is 3. The summed E-state index contributed by atoms with van der Waals surface area (Å²) in [5.74, 6) is -0.875. The van der Waals surface area contributed by atoms with E-state index in [4.69, 9.17) is 0 Å². The molecule has 188 valence electrons. The van der Waals surface area contributed by atoms with Crippen LogP contribution < -0.4 is 10.6 Å². The lowest BCUT2D eigenvalue weighted by Gasteiger charge is -2.30. The molecule has 1 saturated heterocycles. The summed E-state index contributed by atoms with van der Waals surface area (Å²) in [4.78, 5) is 38.5. The lowest BCUT2D eigenvalue weighted by Crippen LogP contribution is -2.48. The van der Waals surface area contributed by atoms with Crippen LogP contribution in [-0.4, -0.2) is 44.6 Å². The van der Waals surface area contributed by atoms with Crippen LogP contribution in [0.15, 0.2) is 24.3 Å². The largest absolute Gasteiger partial charge is 0.416 e. The van der Waals surface area contributed by atoms with Gasteiger partial charge in [0.05, 0.1) is 16.9 Å². The topological polar surface area (TPSA) is 96.3 Å². The van der Waals surface area contributed by atoms with Gasteiger partial charge in [0.15, 0.2) is 0 Å². The van der Waals surface area contributed by atoms with Crippen molar-refractivity contribution in [3.05, 3.63) is 46.8 Å². The molecule has 2 aliphatic rings. The molecule has 0 unspecified atom stereocenters. The molecule has 2 N–H and O–H groups in total. The van der Waals surface area contributed by atoms with E-state index in [2.05, 4.69) is 15.7 Å². The standard InChI is InChI=1S/C24H28F3N5O3/c1-15-12-16(2)32(30-15)18-7-6-17(19(13-18)24(25,26)27)14-28-20(33)8-11-31-21(34)23(29-22(31)35)9-4-3-5-10-23/h6-7,12-13H,3-5,8-11,14H2,1-2H3,(H,28,33)(H,29,35). The number of carbonyl (C=O) groups excluding carboxylic acids is 3. The molecule has 1 aromatic heterocycles. The molecule has 0 bridgehead atoms. The van der Waals surface area contributed by atoms with Crippen molar-refractivity contribution in [2.45, 2.75) is 70.6 Å². The number of urea groups is 1. The SMILES string of the molecule is Cc1cc(C)n(-c2ccc(CNC(=O)CCN3C(=O)NC4(CCCCC4)C3=O)c(C(F)(F)F)c2)n1. The molecule has 1 saturated carbocycles. The van der Waals surface area contributed by atoms with Gasteiger partial charge in [0.2, 0.25) is 5.91 Å². The van der Waals surface area contributed by atoms with E-state index >= 15 is 0 Å². The number of halogens is 3. The summed E-state index contributed by atoms with van der Waals surface area (Å²) < 4.78 is 42.7. The van der Waals surface area contributed by atoms with Crippen molar-refractivity contribution in [2.24, 2.45) is 0 Å². The second kappa shape index (κ2) is 9.35. The number of nitrogens with one attached hydrogen (secondary N) is 2. The highest BCUT2D eigenvalue weighted by Gasteiger charge is 2.51. The minimum Gasteiger partial charge on any atom is -0.352 e. The van der Waals surface area contributed by atoms with Crippen molar-refractivity contribution in [2.75, 3.05) is 6.54 Å². The predicted molar refractivity (Wildman–Crippen MR) is 121 cm³/mol. The molecule has 11 heteroatoms. The van der Waals surface area contributed by atoms with Crippen LogP contribution in [0.2, 0.25) is 0 Å². The molecule has 1 aliphatic carbocycles. The maximum Gasteiger partial charge on any atom is 0.416 e. The Morgan fingerprint density at radius 3 is 2.49 bits per heavy atom. The maximum absolute atomic E-state index is 13.8. The van der Waals surface area contributed by atoms with E-state index in [0.29, 0.717) is 24.2 Å². The molecular formula is C24H28F3N5O3. The number of hydrogen-bond acceptors (Lipinski definition) is 4. The van der Waals surface area contributed by atoms with Crippen LogP contribution in [0.4, 0.5) is 18.0 Å². The van der Waals surface area contributed by atoms with Gasteiger partial charge >= 0.3 is 12.2 Å². The molecule has 2 aromatic rings. The van der Waals surface area contributed by atoms with Gasteiger partial charge in [0.1, 0.15) is 5.54 Å². The Morgan fingerprint density at radius 2 is 1.86 bits per heavy atom. The number of amides is 4. The summed E-state index contributed by atoms with van der Waals surface area (Å²) in [6, 6.07) is 5.09. The highest BCUT2D eigenvalue weighted by atomic mass is 19.4. The van der Waals surface area contributed by atoms with Gasteiger partial charge in [-0.2, -0.15) is 18.3 Å². The average molecular weight is 492 g/mol. The number of hydrogen-bond donors (Lipinski definition) is 2. The lowest BCUT2D eigenvalue weighted by atomic mass is 9.82. The zero-order chi connectivity index (χ0) is 25.4. The summed E-state index contributed by atoms with van der Waals surface area (Å²) in [6.45, 7) is 3.05. The first-order chi connectivity index (χ1) is 16.5. The molecule has 35 heavy (non-hydrogen) atoms. The van der Waals surface area contributed by atoms with Crippen molar-refractivity contribution in [1.82, 2.24) is 25.3 Å². The van der Waals surface area contributed by atoms with Gasteiger partial charge in [0.25, 0.3) is 5.91 Å². The molecule has 8 nitrogen and oxygen atoms in total. The summed E-state index contributed by atoms with van der Waals surface area (Å²) >= 11 is 0. The minimum absolute atomic E-state index is 0.0905. The number of aryl methyl sites for hydroxylation is 2. The van der Waals surface area contributed by atoms with Gasteiger partial charge in [-0.25, -0.2) is 9.48 Å². The van der Waals surface area contributed by atoms with E-state index in [1.807, 2.05) is 0 Å². The first kappa shape index (κ1) is 24.7. The van der Waals surface area contributed by atoms with Crippen molar-refractivity contribution in [3.63, 3.8) is 0 Å². The fraction of sp³-hybridized carbons (Fsp3) is 0.500. The number of alkyl halides is 3. The third-order valence-electron chi connectivity index (χ3n) is 6.64. The third-order valence-corrected chi connectivity index (χ3v) is 6.64. The summed E-state index contributed by atoms with van der Waals surface area (Å²) in [5, 5.41) is 9.48. The van der Waals surface area contributed by atoms with E-state index in [0.717, 1.165) is 30.2 Å². The van der Waals surface area contributed by atoms with Crippen LogP contribution in [0.1, 0.15) is 61.0 Å². The van der Waals surface area contributed by atoms with Crippen LogP contribution in [0.25, 0.3) is 5.69 Å². The molecule has 0 atom stereocenters. The quantitative estimate of drug-likeness (QED) is 0.602. The maximum atomic E-state index is 13.8. The van der Waals surface area contributed by atoms with E-state index in [1.54, 1.807) is 19.9 Å². The molecule has 1 spiro atoms. The monoisotopic (exact) mass is 491 g/mol. The fourth-order valence-corrected chi connectivity index (χ4v) is 4.87. The van der Waals surface area contributed by atoms with E-state index in [1.165, 1.54) is 16.8 Å². The van der Waals surface area contributed by atoms with Gasteiger partial charge in [-0.05, 0) is 50.5 Å². The van der Waals surface area contributed by atoms with Crippen molar-refractivity contribution in [3.8, 4) is 5.69 Å². The number of aromatic nitrogens is 2. The fourth-order valence-electron chi connectivity index (χ4n) is 4.87. The second-order valence-electron chi connectivity index (χ2n) is 9.23. The molecule has 2 fully saturated rings. The van der Waals surface area contributed by atoms with Crippen molar-refractivity contribution in [1.29, 1.82) is 0 Å². The zero-order valence-electron chi connectivity index (χ0n) is 19.7. The highest BCUT2D eigenvalue weighted by Crippen LogP contribution is 2.35. The van der Waals surface area contributed by atoms with Gasteiger partial charge < -0.3 is 10.6 Å². The van der Waals surface area contributed by atoms with Crippen LogP contribution in [0, 0.1) is 13.8 Å². The molecule has 1 aromatic carbocycles. The zero-order valence-corrected chi connectivity index (χ0v) is 19.7. The first-order valence-electron chi connectivity index (χ1n) is 11.6. The van der Waals surface area contributed by atoms with E-state index in [9.17, 15) is 27.6 Å². The van der Waals surface area contributed by atoms with E-state index < -0.39 is 29.2 Å². The van der Waals surface area contributed by atoms with Crippen molar-refractivity contribution < 1.29 is 27.6 Å². The normalized spacial score (nSPS) is 17.7. The molecular weight excluding hydrogens is 463 g/mol. The number of benzene rings is 1. The molecule has 1 aliphatic heterocycles. The minimum atomic E-state index is -4.62. The molecule has 4 amide bonds. The lowest BCUT2D eigenvalue weighted by molar-refractivity contribution is -0.138. The summed E-state index contributed by atoms with van der Waals surface area (Å²) in [6.07, 6.45) is -0.959. The number of imide groups is 1. The van der Waals surface area contributed by atoms with Gasteiger partial charge in [-0.15, -0.1) is 0 Å². The molecule has 2 heterocycles. The Morgan fingerprint density at radius 1 is 1.14 bits per heavy atom. The third kappa shape index (κ3) is 5.03. The summed E-state index contributed by atoms with van der Waals surface area (Å²) in [5.41, 5.74) is -0.170. The van der Waals surface area contributed by atoms with Crippen LogP contribution >= 0.6 is 0 Å². The second-order valence-corrected chi connectivity index (χ2v) is 9.23. The van der Waals surface area contributed by atoms with Gasteiger partial charge in [-0.3, -0.25) is 14.5 Å². The highest BCUT2D eigenvalue weighted by molar-refractivity contribution is 6.07. The summed E-state index contributed by atoms with van der Waals surface area (Å²) in [7, 11) is 0. The Labute approximate surface area is 200 Å². The number of nitrogens with zero attached hydrogens (tertiary/aromatic N) is 3. The van der Waals surface area contributed by atoms with Gasteiger partial charge in [-0.1, -0.05) is 25.3 Å². The van der Waals surface area contributed by atoms with Crippen LogP contribution in [-0.2, 0) is 22.3 Å². The molecule has 0 radical (unpaired) electrons. The smallest absolute Gasteiger partial charge is 0.352 e. The Kier molecular flexibility index (Phi) is 6.61. The first-order valence-corrected chi connectivity index (χ1v) is 11.6. The average Bonchev–Trinajstić information content (AvgIpc) is 3.25. The van der Waals surface area contributed by atoms with Crippen LogP contribution in [0.3, 0.4) is 0 Å².